The normalized spacial score (nSPS) is 28.0. The molecule has 0 aromatic heterocycles. The van der Waals surface area contributed by atoms with Crippen molar-refractivity contribution in [2.75, 3.05) is 13.6 Å². The van der Waals surface area contributed by atoms with E-state index in [1.54, 1.807) is 12.1 Å². The Morgan fingerprint density at radius 2 is 2.15 bits per heavy atom. The van der Waals surface area contributed by atoms with Crippen LogP contribution in [0.1, 0.15) is 51.1 Å². The molecular formula is C17H27FN2. The first-order valence-corrected chi connectivity index (χ1v) is 7.74. The van der Waals surface area contributed by atoms with Gasteiger partial charge in [0, 0.05) is 23.7 Å². The lowest BCUT2D eigenvalue weighted by Crippen LogP contribution is -2.55. The number of halogens is 1. The molecule has 1 aliphatic rings. The Morgan fingerprint density at radius 3 is 2.75 bits per heavy atom. The minimum absolute atomic E-state index is 0.0243. The lowest BCUT2D eigenvalue weighted by Gasteiger charge is -2.46. The third-order valence-electron chi connectivity index (χ3n) is 5.41. The maximum absolute atomic E-state index is 14.0. The molecule has 0 spiro atoms. The molecule has 1 aromatic rings. The minimum atomic E-state index is -0.120. The van der Waals surface area contributed by atoms with E-state index in [2.05, 4.69) is 25.8 Å². The number of hydrogen-bond acceptors (Lipinski definition) is 2. The largest absolute Gasteiger partial charge is 0.329 e. The summed E-state index contributed by atoms with van der Waals surface area (Å²) in [6.07, 6.45) is 4.73. The Balaban J connectivity index is 2.29. The molecule has 3 atom stereocenters. The van der Waals surface area contributed by atoms with Crippen LogP contribution < -0.4 is 5.73 Å². The molecule has 0 radical (unpaired) electrons. The van der Waals surface area contributed by atoms with Crippen molar-refractivity contribution in [1.29, 1.82) is 0 Å². The molecule has 0 amide bonds. The zero-order valence-electron chi connectivity index (χ0n) is 12.9. The van der Waals surface area contributed by atoms with Crippen LogP contribution in [0, 0.1) is 11.7 Å². The first-order chi connectivity index (χ1) is 9.56. The van der Waals surface area contributed by atoms with Gasteiger partial charge in [0.2, 0.25) is 0 Å². The molecule has 20 heavy (non-hydrogen) atoms. The number of nitrogens with two attached hydrogens (primary N) is 1. The minimum Gasteiger partial charge on any atom is -0.329 e. The zero-order valence-corrected chi connectivity index (χ0v) is 12.9. The average molecular weight is 278 g/mol. The highest BCUT2D eigenvalue weighted by molar-refractivity contribution is 5.21. The summed E-state index contributed by atoms with van der Waals surface area (Å²) in [5, 5.41) is 0. The van der Waals surface area contributed by atoms with Gasteiger partial charge in [-0.25, -0.2) is 4.39 Å². The number of nitrogens with zero attached hydrogens (tertiary/aromatic N) is 1. The highest BCUT2D eigenvalue weighted by Crippen LogP contribution is 2.44. The van der Waals surface area contributed by atoms with Gasteiger partial charge < -0.3 is 5.73 Å². The zero-order chi connectivity index (χ0) is 14.8. The SMILES string of the molecule is CCC1CCCC1(CN)N(C)C(C)c1ccccc1F. The Morgan fingerprint density at radius 1 is 1.45 bits per heavy atom. The van der Waals surface area contributed by atoms with Crippen LogP contribution in [0.4, 0.5) is 4.39 Å². The van der Waals surface area contributed by atoms with E-state index in [4.69, 9.17) is 5.73 Å². The fourth-order valence-electron chi connectivity index (χ4n) is 4.00. The van der Waals surface area contributed by atoms with Crippen LogP contribution in [0.2, 0.25) is 0 Å². The monoisotopic (exact) mass is 278 g/mol. The molecule has 1 aliphatic carbocycles. The second-order valence-corrected chi connectivity index (χ2v) is 6.11. The van der Waals surface area contributed by atoms with Gasteiger partial charge in [-0.05, 0) is 38.8 Å². The third-order valence-corrected chi connectivity index (χ3v) is 5.41. The van der Waals surface area contributed by atoms with Crippen LogP contribution in [0.25, 0.3) is 0 Å². The summed E-state index contributed by atoms with van der Waals surface area (Å²) in [5.41, 5.74) is 6.95. The van der Waals surface area contributed by atoms with Crippen molar-refractivity contribution >= 4 is 0 Å². The number of hydrogen-bond donors (Lipinski definition) is 1. The fraction of sp³-hybridized carbons (Fsp3) is 0.647. The second kappa shape index (κ2) is 6.23. The van der Waals surface area contributed by atoms with Crippen molar-refractivity contribution in [2.45, 2.75) is 51.1 Å². The van der Waals surface area contributed by atoms with E-state index >= 15 is 0 Å². The molecule has 112 valence electrons. The molecule has 0 aliphatic heterocycles. The van der Waals surface area contributed by atoms with Gasteiger partial charge in [-0.3, -0.25) is 4.90 Å². The Labute approximate surface area is 122 Å². The number of rotatable bonds is 5. The molecule has 0 heterocycles. The first kappa shape index (κ1) is 15.5. The molecule has 1 saturated carbocycles. The lowest BCUT2D eigenvalue weighted by atomic mass is 9.82. The fourth-order valence-corrected chi connectivity index (χ4v) is 4.00. The summed E-state index contributed by atoms with van der Waals surface area (Å²) in [4.78, 5) is 2.33. The smallest absolute Gasteiger partial charge is 0.127 e. The van der Waals surface area contributed by atoms with E-state index in [0.717, 1.165) is 18.4 Å². The molecule has 3 unspecified atom stereocenters. The summed E-state index contributed by atoms with van der Waals surface area (Å²) in [7, 11) is 2.11. The highest BCUT2D eigenvalue weighted by Gasteiger charge is 2.45. The van der Waals surface area contributed by atoms with Crippen LogP contribution in [-0.2, 0) is 0 Å². The van der Waals surface area contributed by atoms with Crippen LogP contribution in [0.3, 0.4) is 0 Å². The molecule has 0 bridgehead atoms. The third kappa shape index (κ3) is 2.49. The van der Waals surface area contributed by atoms with Gasteiger partial charge in [0.25, 0.3) is 0 Å². The number of benzene rings is 1. The molecule has 2 nitrogen and oxygen atoms in total. The Hall–Kier alpha value is -0.930. The van der Waals surface area contributed by atoms with Gasteiger partial charge in [0.1, 0.15) is 5.82 Å². The van der Waals surface area contributed by atoms with Crippen molar-refractivity contribution in [3.63, 3.8) is 0 Å². The molecule has 2 rings (SSSR count). The topological polar surface area (TPSA) is 29.3 Å². The van der Waals surface area contributed by atoms with Crippen molar-refractivity contribution in [1.82, 2.24) is 4.90 Å². The summed E-state index contributed by atoms with van der Waals surface area (Å²) >= 11 is 0. The van der Waals surface area contributed by atoms with E-state index in [1.165, 1.54) is 12.8 Å². The summed E-state index contributed by atoms with van der Waals surface area (Å²) < 4.78 is 14.0. The van der Waals surface area contributed by atoms with Crippen molar-refractivity contribution in [2.24, 2.45) is 11.7 Å². The second-order valence-electron chi connectivity index (χ2n) is 6.11. The van der Waals surface area contributed by atoms with Gasteiger partial charge in [0.15, 0.2) is 0 Å². The first-order valence-electron chi connectivity index (χ1n) is 7.74. The van der Waals surface area contributed by atoms with E-state index < -0.39 is 0 Å². The standard InChI is InChI=1S/C17H27FN2/c1-4-14-8-7-11-17(14,12-19)20(3)13(2)15-9-5-6-10-16(15)18/h5-6,9-10,13-14H,4,7-8,11-12,19H2,1-3H3. The lowest BCUT2D eigenvalue weighted by molar-refractivity contribution is 0.0462. The Kier molecular flexibility index (Phi) is 4.82. The van der Waals surface area contributed by atoms with Gasteiger partial charge in [0.05, 0.1) is 0 Å². The molecule has 2 N–H and O–H groups in total. The van der Waals surface area contributed by atoms with Crippen LogP contribution in [-0.4, -0.2) is 24.0 Å². The van der Waals surface area contributed by atoms with E-state index in [0.29, 0.717) is 12.5 Å². The van der Waals surface area contributed by atoms with Gasteiger partial charge in [-0.1, -0.05) is 38.0 Å². The van der Waals surface area contributed by atoms with Crippen molar-refractivity contribution < 1.29 is 4.39 Å². The predicted octanol–water partition coefficient (Wildman–Crippen LogP) is 3.73. The predicted molar refractivity (Wildman–Crippen MR) is 82.0 cm³/mol. The summed E-state index contributed by atoms with van der Waals surface area (Å²) in [6, 6.07) is 7.13. The average Bonchev–Trinajstić information content (AvgIpc) is 2.90. The highest BCUT2D eigenvalue weighted by atomic mass is 19.1. The van der Waals surface area contributed by atoms with E-state index in [-0.39, 0.29) is 17.4 Å². The summed E-state index contributed by atoms with van der Waals surface area (Å²) in [5.74, 6) is 0.497. The van der Waals surface area contributed by atoms with Crippen LogP contribution in [0.15, 0.2) is 24.3 Å². The number of likely N-dealkylation sites (N-methyl/N-ethyl adjacent to an activating group) is 1. The van der Waals surface area contributed by atoms with Gasteiger partial charge >= 0.3 is 0 Å². The molecular weight excluding hydrogens is 251 g/mol. The Bertz CT molecular complexity index is 448. The van der Waals surface area contributed by atoms with E-state index in [1.807, 2.05) is 12.1 Å². The van der Waals surface area contributed by atoms with Crippen molar-refractivity contribution in [3.8, 4) is 0 Å². The van der Waals surface area contributed by atoms with Gasteiger partial charge in [-0.2, -0.15) is 0 Å². The molecule has 3 heteroatoms. The molecule has 1 fully saturated rings. The maximum atomic E-state index is 14.0. The molecule has 1 aromatic carbocycles. The van der Waals surface area contributed by atoms with Crippen molar-refractivity contribution in [3.05, 3.63) is 35.6 Å². The van der Waals surface area contributed by atoms with Crippen LogP contribution >= 0.6 is 0 Å². The molecule has 0 saturated heterocycles. The summed E-state index contributed by atoms with van der Waals surface area (Å²) in [6.45, 7) is 4.98. The van der Waals surface area contributed by atoms with Gasteiger partial charge in [-0.15, -0.1) is 0 Å². The quantitative estimate of drug-likeness (QED) is 0.889. The van der Waals surface area contributed by atoms with E-state index in [9.17, 15) is 4.39 Å². The maximum Gasteiger partial charge on any atom is 0.127 e. The van der Waals surface area contributed by atoms with Crippen LogP contribution in [0.5, 0.6) is 0 Å².